The normalized spacial score (nSPS) is 13.6. The maximum Gasteiger partial charge on any atom is 0.0233 e. The van der Waals surface area contributed by atoms with Crippen LogP contribution in [0.2, 0.25) is 0 Å². The number of nitrogens with one attached hydrogen (secondary N) is 3. The maximum atomic E-state index is 3.73. The molecule has 0 amide bonds. The quantitative estimate of drug-likeness (QED) is 0.594. The molecule has 0 saturated heterocycles. The van der Waals surface area contributed by atoms with Crippen LogP contribution in [0.4, 0.5) is 0 Å². The van der Waals surface area contributed by atoms with Gasteiger partial charge in [-0.1, -0.05) is 60.7 Å². The van der Waals surface area contributed by atoms with Gasteiger partial charge in [-0.3, -0.25) is 0 Å². The summed E-state index contributed by atoms with van der Waals surface area (Å²) in [5, 5.41) is 10.6. The van der Waals surface area contributed by atoms with Crippen molar-refractivity contribution in [3.63, 3.8) is 0 Å². The van der Waals surface area contributed by atoms with Crippen LogP contribution in [0.1, 0.15) is 18.1 Å². The van der Waals surface area contributed by atoms with Crippen molar-refractivity contribution in [2.24, 2.45) is 0 Å². The monoisotopic (exact) mass is 325 g/mol. The van der Waals surface area contributed by atoms with Crippen LogP contribution in [0.5, 0.6) is 0 Å². The molecule has 0 aliphatic rings. The van der Waals surface area contributed by atoms with Crippen molar-refractivity contribution in [1.29, 1.82) is 0 Å². The van der Waals surface area contributed by atoms with Crippen LogP contribution in [-0.4, -0.2) is 38.8 Å². The molecular weight excluding hydrogens is 294 g/mol. The summed E-state index contributed by atoms with van der Waals surface area (Å²) >= 11 is 0. The fourth-order valence-corrected chi connectivity index (χ4v) is 2.90. The van der Waals surface area contributed by atoms with Gasteiger partial charge in [-0.15, -0.1) is 0 Å². The zero-order valence-electron chi connectivity index (χ0n) is 15.0. The molecule has 0 aliphatic carbocycles. The lowest BCUT2D eigenvalue weighted by molar-refractivity contribution is 0.433. The van der Waals surface area contributed by atoms with Gasteiger partial charge in [0.1, 0.15) is 0 Å². The highest BCUT2D eigenvalue weighted by atomic mass is 15.0. The van der Waals surface area contributed by atoms with Crippen molar-refractivity contribution in [3.05, 3.63) is 71.8 Å². The molecule has 0 heterocycles. The molecule has 0 unspecified atom stereocenters. The molecule has 2 aromatic rings. The third-order valence-electron chi connectivity index (χ3n) is 4.24. The topological polar surface area (TPSA) is 36.1 Å². The minimum atomic E-state index is 0.440. The number of benzene rings is 2. The summed E-state index contributed by atoms with van der Waals surface area (Å²) in [6, 6.07) is 22.3. The molecule has 0 saturated carbocycles. The molecule has 24 heavy (non-hydrogen) atoms. The summed E-state index contributed by atoms with van der Waals surface area (Å²) in [7, 11) is 2.00. The third-order valence-corrected chi connectivity index (χ3v) is 4.24. The average Bonchev–Trinajstić information content (AvgIpc) is 2.61. The van der Waals surface area contributed by atoms with E-state index in [0.29, 0.717) is 12.1 Å². The molecule has 0 spiro atoms. The SMILES string of the molecule is CNC[C@@H](C)NC[C@@H](Cc1ccccc1)NCCc1ccccc1. The molecule has 2 aromatic carbocycles. The van der Waals surface area contributed by atoms with Crippen molar-refractivity contribution >= 4 is 0 Å². The zero-order chi connectivity index (χ0) is 17.0. The third kappa shape index (κ3) is 7.26. The Morgan fingerprint density at radius 1 is 0.792 bits per heavy atom. The fraction of sp³-hybridized carbons (Fsp3) is 0.429. The minimum Gasteiger partial charge on any atom is -0.318 e. The van der Waals surface area contributed by atoms with E-state index in [-0.39, 0.29) is 0 Å². The van der Waals surface area contributed by atoms with Gasteiger partial charge >= 0.3 is 0 Å². The lowest BCUT2D eigenvalue weighted by Gasteiger charge is -2.22. The van der Waals surface area contributed by atoms with E-state index in [4.69, 9.17) is 0 Å². The second-order valence-corrected chi connectivity index (χ2v) is 6.44. The van der Waals surface area contributed by atoms with Crippen LogP contribution in [0.15, 0.2) is 60.7 Å². The van der Waals surface area contributed by atoms with Gasteiger partial charge in [-0.2, -0.15) is 0 Å². The van der Waals surface area contributed by atoms with Crippen molar-refractivity contribution in [1.82, 2.24) is 16.0 Å². The van der Waals surface area contributed by atoms with Crippen molar-refractivity contribution in [3.8, 4) is 0 Å². The largest absolute Gasteiger partial charge is 0.318 e. The molecule has 0 radical (unpaired) electrons. The van der Waals surface area contributed by atoms with Crippen LogP contribution in [0, 0.1) is 0 Å². The highest BCUT2D eigenvalue weighted by Crippen LogP contribution is 2.04. The summed E-state index contributed by atoms with van der Waals surface area (Å²) in [5.74, 6) is 0. The molecule has 0 bridgehead atoms. The average molecular weight is 326 g/mol. The Labute approximate surface area is 146 Å². The summed E-state index contributed by atoms with van der Waals surface area (Å²) in [6.07, 6.45) is 2.12. The smallest absolute Gasteiger partial charge is 0.0233 e. The van der Waals surface area contributed by atoms with Gasteiger partial charge in [0.05, 0.1) is 0 Å². The van der Waals surface area contributed by atoms with Gasteiger partial charge in [0.25, 0.3) is 0 Å². The van der Waals surface area contributed by atoms with Gasteiger partial charge in [-0.25, -0.2) is 0 Å². The molecular formula is C21H31N3. The predicted molar refractivity (Wildman–Crippen MR) is 103 cm³/mol. The van der Waals surface area contributed by atoms with E-state index in [9.17, 15) is 0 Å². The van der Waals surface area contributed by atoms with Crippen LogP contribution in [0.25, 0.3) is 0 Å². The molecule has 0 aromatic heterocycles. The Balaban J connectivity index is 1.84. The highest BCUT2D eigenvalue weighted by Gasteiger charge is 2.10. The molecule has 130 valence electrons. The molecule has 0 fully saturated rings. The number of hydrogen-bond donors (Lipinski definition) is 3. The second-order valence-electron chi connectivity index (χ2n) is 6.44. The standard InChI is InChI=1S/C21H31N3/c1-18(16-22-2)24-17-21(15-20-11-7-4-8-12-20)23-14-13-19-9-5-3-6-10-19/h3-12,18,21-24H,13-17H2,1-2H3/t18-,21-/m1/s1. The van der Waals surface area contributed by atoms with Crippen LogP contribution in [0.3, 0.4) is 0 Å². The van der Waals surface area contributed by atoms with E-state index >= 15 is 0 Å². The number of rotatable bonds is 11. The van der Waals surface area contributed by atoms with E-state index < -0.39 is 0 Å². The first kappa shape index (κ1) is 18.7. The van der Waals surface area contributed by atoms with E-state index in [0.717, 1.165) is 32.5 Å². The Bertz CT molecular complexity index is 542. The van der Waals surface area contributed by atoms with E-state index in [1.807, 2.05) is 7.05 Å². The summed E-state index contributed by atoms with van der Waals surface area (Å²) < 4.78 is 0. The van der Waals surface area contributed by atoms with Gasteiger partial charge in [-0.05, 0) is 44.5 Å². The Morgan fingerprint density at radius 2 is 1.42 bits per heavy atom. The van der Waals surface area contributed by atoms with E-state index in [1.165, 1.54) is 11.1 Å². The van der Waals surface area contributed by atoms with Gasteiger partial charge in [0.2, 0.25) is 0 Å². The lowest BCUT2D eigenvalue weighted by Crippen LogP contribution is -2.45. The van der Waals surface area contributed by atoms with Crippen molar-refractivity contribution < 1.29 is 0 Å². The maximum absolute atomic E-state index is 3.73. The van der Waals surface area contributed by atoms with Gasteiger partial charge in [0, 0.05) is 25.2 Å². The Kier molecular flexibility index (Phi) is 8.53. The molecule has 3 heteroatoms. The van der Waals surface area contributed by atoms with Crippen molar-refractivity contribution in [2.75, 3.05) is 26.7 Å². The summed E-state index contributed by atoms with van der Waals surface area (Å²) in [6.45, 7) is 5.19. The second kappa shape index (κ2) is 11.0. The minimum absolute atomic E-state index is 0.440. The molecule has 2 rings (SSSR count). The van der Waals surface area contributed by atoms with E-state index in [1.54, 1.807) is 0 Å². The number of likely N-dealkylation sites (N-methyl/N-ethyl adjacent to an activating group) is 1. The van der Waals surface area contributed by atoms with E-state index in [2.05, 4.69) is 83.5 Å². The molecule has 0 aliphatic heterocycles. The summed E-state index contributed by atoms with van der Waals surface area (Å²) in [4.78, 5) is 0. The fourth-order valence-electron chi connectivity index (χ4n) is 2.90. The van der Waals surface area contributed by atoms with Gasteiger partial charge in [0.15, 0.2) is 0 Å². The molecule has 2 atom stereocenters. The first-order valence-corrected chi connectivity index (χ1v) is 8.97. The highest BCUT2D eigenvalue weighted by molar-refractivity contribution is 5.17. The first-order valence-electron chi connectivity index (χ1n) is 8.97. The van der Waals surface area contributed by atoms with Crippen LogP contribution in [-0.2, 0) is 12.8 Å². The Morgan fingerprint density at radius 3 is 2.04 bits per heavy atom. The summed E-state index contributed by atoms with van der Waals surface area (Å²) in [5.41, 5.74) is 2.78. The van der Waals surface area contributed by atoms with Crippen molar-refractivity contribution in [2.45, 2.75) is 31.8 Å². The zero-order valence-corrected chi connectivity index (χ0v) is 15.0. The lowest BCUT2D eigenvalue weighted by atomic mass is 10.0. The van der Waals surface area contributed by atoms with Crippen LogP contribution >= 0.6 is 0 Å². The predicted octanol–water partition coefficient (Wildman–Crippen LogP) is 2.63. The van der Waals surface area contributed by atoms with Gasteiger partial charge < -0.3 is 16.0 Å². The van der Waals surface area contributed by atoms with Crippen LogP contribution < -0.4 is 16.0 Å². The Hall–Kier alpha value is -1.68. The first-order chi connectivity index (χ1) is 11.8. The molecule has 3 nitrogen and oxygen atoms in total. The molecule has 3 N–H and O–H groups in total. The number of hydrogen-bond acceptors (Lipinski definition) is 3.